The monoisotopic (exact) mass is 432 g/mol. The average molecular weight is 433 g/mol. The summed E-state index contributed by atoms with van der Waals surface area (Å²) in [5.74, 6) is -0.424. The van der Waals surface area contributed by atoms with E-state index >= 15 is 0 Å². The molecule has 0 radical (unpaired) electrons. The molecule has 3 aromatic carbocycles. The molecule has 0 aliphatic carbocycles. The Balaban J connectivity index is 1.86. The fourth-order valence-electron chi connectivity index (χ4n) is 2.51. The summed E-state index contributed by atoms with van der Waals surface area (Å²) in [6, 6.07) is 19.8. The third kappa shape index (κ3) is 4.67. The number of carbonyl (C=O) groups excluding carboxylic acids is 1. The van der Waals surface area contributed by atoms with E-state index in [-0.39, 0.29) is 21.2 Å². The standard InChI is InChI=1S/C20H17ClN2O3S2/c1-27-19-10-6-5-9-18(19)22-20(24)16-13-14(11-12-17(16)21)23-28(25,26)15-7-3-2-4-8-15/h2-13,23H,1H3,(H,22,24). The number of carbonyl (C=O) groups is 1. The SMILES string of the molecule is CSc1ccccc1NC(=O)c1cc(NS(=O)(=O)c2ccccc2)ccc1Cl. The number of benzene rings is 3. The van der Waals surface area contributed by atoms with Gasteiger partial charge in [-0.05, 0) is 48.7 Å². The summed E-state index contributed by atoms with van der Waals surface area (Å²) in [6.07, 6.45) is 1.91. The second-order valence-electron chi connectivity index (χ2n) is 5.77. The third-order valence-electron chi connectivity index (χ3n) is 3.87. The molecule has 5 nitrogen and oxygen atoms in total. The molecule has 3 aromatic rings. The van der Waals surface area contributed by atoms with Gasteiger partial charge in [0.2, 0.25) is 0 Å². The summed E-state index contributed by atoms with van der Waals surface area (Å²) in [5, 5.41) is 3.04. The largest absolute Gasteiger partial charge is 0.321 e. The van der Waals surface area contributed by atoms with Crippen LogP contribution in [0.2, 0.25) is 5.02 Å². The topological polar surface area (TPSA) is 75.3 Å². The molecule has 3 rings (SSSR count). The molecule has 0 saturated heterocycles. The Kier molecular flexibility index (Phi) is 6.28. The van der Waals surface area contributed by atoms with Crippen LogP contribution < -0.4 is 10.0 Å². The van der Waals surface area contributed by atoms with Crippen molar-refractivity contribution in [3.8, 4) is 0 Å². The number of anilines is 2. The van der Waals surface area contributed by atoms with Crippen molar-refractivity contribution < 1.29 is 13.2 Å². The smallest absolute Gasteiger partial charge is 0.261 e. The first kappa shape index (κ1) is 20.3. The zero-order chi connectivity index (χ0) is 20.1. The Bertz CT molecular complexity index is 1100. The predicted octanol–water partition coefficient (Wildman–Crippen LogP) is 5.12. The minimum Gasteiger partial charge on any atom is -0.321 e. The second kappa shape index (κ2) is 8.68. The minimum absolute atomic E-state index is 0.129. The number of rotatable bonds is 6. The lowest BCUT2D eigenvalue weighted by atomic mass is 10.2. The van der Waals surface area contributed by atoms with Crippen LogP contribution >= 0.6 is 23.4 Å². The van der Waals surface area contributed by atoms with Crippen LogP contribution in [-0.4, -0.2) is 20.6 Å². The lowest BCUT2D eigenvalue weighted by Crippen LogP contribution is -2.16. The molecule has 0 heterocycles. The maximum absolute atomic E-state index is 12.7. The van der Waals surface area contributed by atoms with E-state index in [2.05, 4.69) is 10.0 Å². The quantitative estimate of drug-likeness (QED) is 0.530. The highest BCUT2D eigenvalue weighted by molar-refractivity contribution is 7.98. The van der Waals surface area contributed by atoms with E-state index in [1.807, 2.05) is 24.5 Å². The van der Waals surface area contributed by atoms with Crippen molar-refractivity contribution >= 4 is 50.7 Å². The highest BCUT2D eigenvalue weighted by atomic mass is 35.5. The Morgan fingerprint density at radius 1 is 0.964 bits per heavy atom. The number of thioether (sulfide) groups is 1. The summed E-state index contributed by atoms with van der Waals surface area (Å²) < 4.78 is 27.5. The number of hydrogen-bond acceptors (Lipinski definition) is 4. The molecule has 0 aliphatic heterocycles. The summed E-state index contributed by atoms with van der Waals surface area (Å²) in [6.45, 7) is 0. The van der Waals surface area contributed by atoms with Crippen LogP contribution in [-0.2, 0) is 10.0 Å². The van der Waals surface area contributed by atoms with Crippen molar-refractivity contribution in [1.29, 1.82) is 0 Å². The zero-order valence-electron chi connectivity index (χ0n) is 14.8. The van der Waals surface area contributed by atoms with Gasteiger partial charge < -0.3 is 5.32 Å². The van der Waals surface area contributed by atoms with E-state index in [9.17, 15) is 13.2 Å². The van der Waals surface area contributed by atoms with Gasteiger partial charge in [0.05, 0.1) is 21.2 Å². The summed E-state index contributed by atoms with van der Waals surface area (Å²) in [4.78, 5) is 13.7. The van der Waals surface area contributed by atoms with Crippen molar-refractivity contribution in [2.75, 3.05) is 16.3 Å². The van der Waals surface area contributed by atoms with Gasteiger partial charge in [-0.15, -0.1) is 11.8 Å². The van der Waals surface area contributed by atoms with Crippen LogP contribution in [0.3, 0.4) is 0 Å². The second-order valence-corrected chi connectivity index (χ2v) is 8.71. The first-order valence-corrected chi connectivity index (χ1v) is 11.3. The lowest BCUT2D eigenvalue weighted by molar-refractivity contribution is 0.102. The van der Waals surface area contributed by atoms with E-state index in [0.717, 1.165) is 4.90 Å². The van der Waals surface area contributed by atoms with Gasteiger partial charge in [0, 0.05) is 10.6 Å². The third-order valence-corrected chi connectivity index (χ3v) is 6.39. The average Bonchev–Trinajstić information content (AvgIpc) is 2.70. The number of sulfonamides is 1. The molecule has 0 spiro atoms. The molecular formula is C20H17ClN2O3S2. The van der Waals surface area contributed by atoms with E-state index < -0.39 is 15.9 Å². The summed E-state index contributed by atoms with van der Waals surface area (Å²) >= 11 is 7.68. The fraction of sp³-hybridized carbons (Fsp3) is 0.0500. The number of halogens is 1. The first-order valence-electron chi connectivity index (χ1n) is 8.22. The van der Waals surface area contributed by atoms with E-state index in [1.54, 1.807) is 24.3 Å². The molecule has 0 aliphatic rings. The highest BCUT2D eigenvalue weighted by Gasteiger charge is 2.17. The van der Waals surface area contributed by atoms with Crippen LogP contribution in [0.4, 0.5) is 11.4 Å². The van der Waals surface area contributed by atoms with E-state index in [4.69, 9.17) is 11.6 Å². The number of para-hydroxylation sites is 1. The molecule has 0 saturated carbocycles. The molecule has 2 N–H and O–H groups in total. The Morgan fingerprint density at radius 2 is 1.64 bits per heavy atom. The number of hydrogen-bond donors (Lipinski definition) is 2. The molecule has 8 heteroatoms. The van der Waals surface area contributed by atoms with Crippen LogP contribution in [0, 0.1) is 0 Å². The van der Waals surface area contributed by atoms with Crippen LogP contribution in [0.25, 0.3) is 0 Å². The van der Waals surface area contributed by atoms with Gasteiger partial charge in [-0.1, -0.05) is 41.9 Å². The Labute approximate surface area is 173 Å². The van der Waals surface area contributed by atoms with Crippen molar-refractivity contribution in [2.24, 2.45) is 0 Å². The maximum Gasteiger partial charge on any atom is 0.261 e. The molecule has 0 fully saturated rings. The fourth-order valence-corrected chi connectivity index (χ4v) is 4.34. The number of amides is 1. The van der Waals surface area contributed by atoms with Gasteiger partial charge in [0.15, 0.2) is 0 Å². The molecular weight excluding hydrogens is 416 g/mol. The van der Waals surface area contributed by atoms with Gasteiger partial charge in [-0.2, -0.15) is 0 Å². The maximum atomic E-state index is 12.7. The first-order chi connectivity index (χ1) is 13.4. The van der Waals surface area contributed by atoms with Gasteiger partial charge >= 0.3 is 0 Å². The van der Waals surface area contributed by atoms with Gasteiger partial charge in [-0.25, -0.2) is 8.42 Å². The van der Waals surface area contributed by atoms with Gasteiger partial charge in [0.25, 0.3) is 15.9 Å². The molecule has 0 aromatic heterocycles. The zero-order valence-corrected chi connectivity index (χ0v) is 17.2. The van der Waals surface area contributed by atoms with E-state index in [1.165, 1.54) is 42.1 Å². The Hall–Kier alpha value is -2.48. The summed E-state index contributed by atoms with van der Waals surface area (Å²) in [7, 11) is -3.77. The molecule has 144 valence electrons. The highest BCUT2D eigenvalue weighted by Crippen LogP contribution is 2.27. The van der Waals surface area contributed by atoms with Crippen molar-refractivity contribution in [2.45, 2.75) is 9.79 Å². The lowest BCUT2D eigenvalue weighted by Gasteiger charge is -2.12. The molecule has 1 amide bonds. The number of nitrogens with one attached hydrogen (secondary N) is 2. The van der Waals surface area contributed by atoms with Crippen LogP contribution in [0.5, 0.6) is 0 Å². The van der Waals surface area contributed by atoms with Crippen molar-refractivity contribution in [3.05, 3.63) is 83.4 Å². The van der Waals surface area contributed by atoms with Crippen molar-refractivity contribution in [1.82, 2.24) is 0 Å². The van der Waals surface area contributed by atoms with E-state index in [0.29, 0.717) is 5.69 Å². The molecule has 0 bridgehead atoms. The molecule has 0 unspecified atom stereocenters. The summed E-state index contributed by atoms with van der Waals surface area (Å²) in [5.41, 5.74) is 1.08. The van der Waals surface area contributed by atoms with Crippen LogP contribution in [0.15, 0.2) is 82.6 Å². The molecule has 28 heavy (non-hydrogen) atoms. The Morgan fingerprint density at radius 3 is 2.36 bits per heavy atom. The van der Waals surface area contributed by atoms with Gasteiger partial charge in [-0.3, -0.25) is 9.52 Å². The minimum atomic E-state index is -3.77. The van der Waals surface area contributed by atoms with Gasteiger partial charge in [0.1, 0.15) is 0 Å². The predicted molar refractivity (Wildman–Crippen MR) is 115 cm³/mol. The van der Waals surface area contributed by atoms with Crippen LogP contribution in [0.1, 0.15) is 10.4 Å². The van der Waals surface area contributed by atoms with Crippen molar-refractivity contribution in [3.63, 3.8) is 0 Å². The molecule has 0 atom stereocenters. The normalized spacial score (nSPS) is 11.1.